The summed E-state index contributed by atoms with van der Waals surface area (Å²) in [5.74, 6) is -0.0100. The van der Waals surface area contributed by atoms with Crippen LogP contribution in [-0.2, 0) is 11.2 Å². The number of hydrogen-bond acceptors (Lipinski definition) is 3. The van der Waals surface area contributed by atoms with Crippen LogP contribution in [0.25, 0.3) is 0 Å². The van der Waals surface area contributed by atoms with Crippen LogP contribution in [0.15, 0.2) is 24.3 Å². The van der Waals surface area contributed by atoms with Crippen molar-refractivity contribution in [2.24, 2.45) is 5.92 Å². The van der Waals surface area contributed by atoms with Crippen molar-refractivity contribution in [3.8, 4) is 5.75 Å². The Labute approximate surface area is 126 Å². The van der Waals surface area contributed by atoms with Gasteiger partial charge in [-0.25, -0.2) is 0 Å². The molecule has 4 nitrogen and oxygen atoms in total. The first-order valence-corrected chi connectivity index (χ1v) is 7.78. The van der Waals surface area contributed by atoms with Gasteiger partial charge in [0.2, 0.25) is 0 Å². The summed E-state index contributed by atoms with van der Waals surface area (Å²) in [4.78, 5) is 13.2. The van der Waals surface area contributed by atoms with E-state index in [0.29, 0.717) is 24.1 Å². The number of carbonyl (C=O) groups is 1. The van der Waals surface area contributed by atoms with E-state index in [-0.39, 0.29) is 0 Å². The third-order valence-corrected chi connectivity index (χ3v) is 4.52. The zero-order valence-electron chi connectivity index (χ0n) is 12.7. The number of nitrogens with zero attached hydrogens (tertiary/aromatic N) is 1. The predicted molar refractivity (Wildman–Crippen MR) is 82.4 cm³/mol. The summed E-state index contributed by atoms with van der Waals surface area (Å²) >= 11 is 0. The first-order chi connectivity index (χ1) is 10.0. The molecule has 0 radical (unpaired) electrons. The number of carboxylic acids is 1. The molecule has 0 bridgehead atoms. The van der Waals surface area contributed by atoms with Crippen molar-refractivity contribution in [1.82, 2.24) is 4.90 Å². The van der Waals surface area contributed by atoms with Gasteiger partial charge in [0.05, 0.1) is 0 Å². The lowest BCUT2D eigenvalue weighted by atomic mass is 9.92. The standard InChI is InChI=1S/C17H25NO3/c1-13(2-3-14-4-6-16(19)7-5-14)18-10-8-15(9-11-18)12-17(20)21/h4-7,13,15,19H,2-3,8-12H2,1H3,(H,20,21). The second-order valence-electron chi connectivity index (χ2n) is 6.13. The van der Waals surface area contributed by atoms with E-state index < -0.39 is 5.97 Å². The minimum atomic E-state index is -0.672. The monoisotopic (exact) mass is 291 g/mol. The van der Waals surface area contributed by atoms with Crippen molar-refractivity contribution >= 4 is 5.97 Å². The molecule has 1 fully saturated rings. The zero-order valence-corrected chi connectivity index (χ0v) is 12.7. The van der Waals surface area contributed by atoms with Crippen LogP contribution in [0.1, 0.15) is 38.2 Å². The molecule has 1 atom stereocenters. The lowest BCUT2D eigenvalue weighted by Crippen LogP contribution is -2.40. The molecule has 1 aromatic rings. The Kier molecular flexibility index (Phi) is 5.62. The molecule has 0 saturated carbocycles. The highest BCUT2D eigenvalue weighted by atomic mass is 16.4. The van der Waals surface area contributed by atoms with Gasteiger partial charge >= 0.3 is 5.97 Å². The van der Waals surface area contributed by atoms with Gasteiger partial charge < -0.3 is 15.1 Å². The van der Waals surface area contributed by atoms with Crippen LogP contribution >= 0.6 is 0 Å². The number of aromatic hydroxyl groups is 1. The third-order valence-electron chi connectivity index (χ3n) is 4.52. The summed E-state index contributed by atoms with van der Waals surface area (Å²) < 4.78 is 0. The smallest absolute Gasteiger partial charge is 0.303 e. The number of aliphatic carboxylic acids is 1. The molecule has 1 heterocycles. The molecule has 116 valence electrons. The van der Waals surface area contributed by atoms with Crippen LogP contribution in [0.3, 0.4) is 0 Å². The van der Waals surface area contributed by atoms with E-state index >= 15 is 0 Å². The lowest BCUT2D eigenvalue weighted by Gasteiger charge is -2.35. The molecular weight excluding hydrogens is 266 g/mol. The number of piperidine rings is 1. The molecule has 21 heavy (non-hydrogen) atoms. The predicted octanol–water partition coefficient (Wildman–Crippen LogP) is 2.90. The second kappa shape index (κ2) is 7.46. The number of phenolic OH excluding ortho intramolecular Hbond substituents is 1. The normalized spacial score (nSPS) is 18.5. The van der Waals surface area contributed by atoms with Crippen molar-refractivity contribution in [2.45, 2.75) is 45.1 Å². The lowest BCUT2D eigenvalue weighted by molar-refractivity contribution is -0.138. The first kappa shape index (κ1) is 15.8. The maximum absolute atomic E-state index is 10.7. The van der Waals surface area contributed by atoms with Gasteiger partial charge in [-0.15, -0.1) is 0 Å². The van der Waals surface area contributed by atoms with Gasteiger partial charge in [0.25, 0.3) is 0 Å². The summed E-state index contributed by atoms with van der Waals surface area (Å²) in [5, 5.41) is 18.1. The minimum absolute atomic E-state index is 0.312. The number of likely N-dealkylation sites (tertiary alicyclic amines) is 1. The van der Waals surface area contributed by atoms with Crippen LogP contribution in [-0.4, -0.2) is 40.2 Å². The first-order valence-electron chi connectivity index (χ1n) is 7.78. The highest BCUT2D eigenvalue weighted by Crippen LogP contribution is 2.23. The Morgan fingerprint density at radius 3 is 2.48 bits per heavy atom. The number of hydrogen-bond donors (Lipinski definition) is 2. The van der Waals surface area contributed by atoms with Crippen LogP contribution < -0.4 is 0 Å². The molecule has 1 unspecified atom stereocenters. The average Bonchev–Trinajstić information content (AvgIpc) is 2.46. The van der Waals surface area contributed by atoms with Crippen molar-refractivity contribution < 1.29 is 15.0 Å². The summed E-state index contributed by atoms with van der Waals surface area (Å²) in [7, 11) is 0. The van der Waals surface area contributed by atoms with E-state index in [1.54, 1.807) is 12.1 Å². The molecule has 1 saturated heterocycles. The van der Waals surface area contributed by atoms with Gasteiger partial charge in [-0.05, 0) is 69.3 Å². The molecule has 0 spiro atoms. The molecule has 2 rings (SSSR count). The van der Waals surface area contributed by atoms with Gasteiger partial charge in [-0.2, -0.15) is 0 Å². The zero-order chi connectivity index (χ0) is 15.2. The van der Waals surface area contributed by atoms with Crippen molar-refractivity contribution in [2.75, 3.05) is 13.1 Å². The van der Waals surface area contributed by atoms with Crippen LogP contribution in [0, 0.1) is 5.92 Å². The molecule has 2 N–H and O–H groups in total. The van der Waals surface area contributed by atoms with E-state index in [4.69, 9.17) is 5.11 Å². The molecule has 0 amide bonds. The molecule has 4 heteroatoms. The van der Waals surface area contributed by atoms with Gasteiger partial charge in [0.15, 0.2) is 0 Å². The van der Waals surface area contributed by atoms with Gasteiger partial charge in [0, 0.05) is 12.5 Å². The van der Waals surface area contributed by atoms with Gasteiger partial charge in [-0.3, -0.25) is 4.79 Å². The highest BCUT2D eigenvalue weighted by Gasteiger charge is 2.23. The summed E-state index contributed by atoms with van der Waals surface area (Å²) in [6.45, 7) is 4.27. The minimum Gasteiger partial charge on any atom is -0.508 e. The fourth-order valence-corrected chi connectivity index (χ4v) is 3.07. The Hall–Kier alpha value is -1.55. The average molecular weight is 291 g/mol. The number of rotatable bonds is 6. The maximum atomic E-state index is 10.7. The fraction of sp³-hybridized carbons (Fsp3) is 0.588. The maximum Gasteiger partial charge on any atom is 0.303 e. The molecule has 0 aliphatic carbocycles. The van der Waals surface area contributed by atoms with E-state index in [0.717, 1.165) is 38.8 Å². The Balaban J connectivity index is 1.73. The van der Waals surface area contributed by atoms with Gasteiger partial charge in [0.1, 0.15) is 5.75 Å². The third kappa shape index (κ3) is 5.05. The molecule has 1 aliphatic rings. The van der Waals surface area contributed by atoms with Crippen LogP contribution in [0.2, 0.25) is 0 Å². The number of aryl methyl sites for hydroxylation is 1. The van der Waals surface area contributed by atoms with Crippen molar-refractivity contribution in [3.63, 3.8) is 0 Å². The van der Waals surface area contributed by atoms with Crippen LogP contribution in [0.4, 0.5) is 0 Å². The number of phenols is 1. The van der Waals surface area contributed by atoms with E-state index in [1.807, 2.05) is 12.1 Å². The van der Waals surface area contributed by atoms with E-state index in [1.165, 1.54) is 5.56 Å². The van der Waals surface area contributed by atoms with Crippen molar-refractivity contribution in [3.05, 3.63) is 29.8 Å². The Bertz CT molecular complexity index is 450. The summed E-state index contributed by atoms with van der Waals surface area (Å²) in [6.07, 6.45) is 4.41. The Morgan fingerprint density at radius 1 is 1.29 bits per heavy atom. The summed E-state index contributed by atoms with van der Waals surface area (Å²) in [5.41, 5.74) is 1.25. The largest absolute Gasteiger partial charge is 0.508 e. The van der Waals surface area contributed by atoms with Gasteiger partial charge in [-0.1, -0.05) is 12.1 Å². The number of benzene rings is 1. The second-order valence-corrected chi connectivity index (χ2v) is 6.13. The quantitative estimate of drug-likeness (QED) is 0.846. The topological polar surface area (TPSA) is 60.8 Å². The molecule has 1 aliphatic heterocycles. The molecular formula is C17H25NO3. The fourth-order valence-electron chi connectivity index (χ4n) is 3.07. The SMILES string of the molecule is CC(CCc1ccc(O)cc1)N1CCC(CC(=O)O)CC1. The van der Waals surface area contributed by atoms with E-state index in [2.05, 4.69) is 11.8 Å². The number of carboxylic acid groups (broad SMARTS) is 1. The molecule has 0 aromatic heterocycles. The summed E-state index contributed by atoms with van der Waals surface area (Å²) in [6, 6.07) is 7.93. The van der Waals surface area contributed by atoms with Crippen LogP contribution in [0.5, 0.6) is 5.75 Å². The van der Waals surface area contributed by atoms with Crippen molar-refractivity contribution in [1.29, 1.82) is 0 Å². The molecule has 1 aromatic carbocycles. The van der Waals surface area contributed by atoms with E-state index in [9.17, 15) is 9.90 Å². The highest BCUT2D eigenvalue weighted by molar-refractivity contribution is 5.67. The Morgan fingerprint density at radius 2 is 1.90 bits per heavy atom.